The maximum Gasteiger partial charge on any atom is 0.303 e. The van der Waals surface area contributed by atoms with Gasteiger partial charge in [0.25, 0.3) is 0 Å². The lowest BCUT2D eigenvalue weighted by molar-refractivity contribution is -0.306. The molecule has 0 aliphatic carbocycles. The summed E-state index contributed by atoms with van der Waals surface area (Å²) in [6.07, 6.45) is 2.03. The second-order valence-corrected chi connectivity index (χ2v) is 6.95. The van der Waals surface area contributed by atoms with E-state index >= 15 is 0 Å². The summed E-state index contributed by atoms with van der Waals surface area (Å²) in [6, 6.07) is 0. The highest BCUT2D eigenvalue weighted by atomic mass is 16.7. The van der Waals surface area contributed by atoms with E-state index < -0.39 is 36.7 Å². The van der Waals surface area contributed by atoms with E-state index in [-0.39, 0.29) is 0 Å². The van der Waals surface area contributed by atoms with E-state index in [4.69, 9.17) is 23.7 Å². The summed E-state index contributed by atoms with van der Waals surface area (Å²) < 4.78 is 28.8. The number of aliphatic hydroxyl groups excluding tert-OH is 1. The highest BCUT2D eigenvalue weighted by Gasteiger charge is 2.48. The van der Waals surface area contributed by atoms with Crippen LogP contribution in [0.15, 0.2) is 0 Å². The molecule has 1 fully saturated rings. The van der Waals surface area contributed by atoms with Crippen LogP contribution in [0.2, 0.25) is 0 Å². The number of unbranched alkanes of at least 4 members (excludes halogenated alkanes) is 3. The molecular formula is C20H38O7. The molecule has 27 heavy (non-hydrogen) atoms. The second kappa shape index (κ2) is 14.3. The van der Waals surface area contributed by atoms with Crippen LogP contribution in [0, 0.1) is 0 Å². The average molecular weight is 391 g/mol. The number of rotatable bonds is 14. The Hall–Kier alpha value is -0.730. The normalized spacial score (nSPS) is 28.3. The number of carbonyl (C=O) groups is 1. The Kier molecular flexibility index (Phi) is 12.9. The lowest BCUT2D eigenvalue weighted by Gasteiger charge is -2.44. The Labute approximate surface area is 163 Å². The highest BCUT2D eigenvalue weighted by Crippen LogP contribution is 2.28. The summed E-state index contributed by atoms with van der Waals surface area (Å²) in [6.45, 7) is 9.55. The molecule has 7 heteroatoms. The molecule has 1 saturated heterocycles. The fraction of sp³-hybridized carbons (Fsp3) is 0.950. The van der Waals surface area contributed by atoms with Gasteiger partial charge in [-0.2, -0.15) is 0 Å². The van der Waals surface area contributed by atoms with E-state index in [0.29, 0.717) is 26.4 Å². The maximum atomic E-state index is 11.5. The van der Waals surface area contributed by atoms with Gasteiger partial charge in [-0.3, -0.25) is 4.79 Å². The van der Waals surface area contributed by atoms with Gasteiger partial charge >= 0.3 is 5.97 Å². The molecule has 0 amide bonds. The van der Waals surface area contributed by atoms with E-state index in [2.05, 4.69) is 20.8 Å². The van der Waals surface area contributed by atoms with Crippen LogP contribution in [0.1, 0.15) is 66.2 Å². The zero-order valence-corrected chi connectivity index (χ0v) is 17.4. The average Bonchev–Trinajstić information content (AvgIpc) is 2.63. The molecule has 0 spiro atoms. The fourth-order valence-corrected chi connectivity index (χ4v) is 2.91. The van der Waals surface area contributed by atoms with Crippen LogP contribution in [0.5, 0.6) is 0 Å². The first-order valence-corrected chi connectivity index (χ1v) is 10.4. The third kappa shape index (κ3) is 8.87. The van der Waals surface area contributed by atoms with Gasteiger partial charge in [-0.15, -0.1) is 0 Å². The zero-order chi connectivity index (χ0) is 20.1. The third-order valence-corrected chi connectivity index (χ3v) is 4.45. The van der Waals surface area contributed by atoms with Crippen LogP contribution in [0.3, 0.4) is 0 Å². The number of ether oxygens (including phenoxy) is 5. The first-order chi connectivity index (χ1) is 13.0. The number of carbonyl (C=O) groups excluding carboxylic acids is 1. The van der Waals surface area contributed by atoms with Crippen molar-refractivity contribution in [2.24, 2.45) is 0 Å². The predicted octanol–water partition coefficient (Wildman–Crippen LogP) is 2.82. The zero-order valence-electron chi connectivity index (χ0n) is 17.4. The van der Waals surface area contributed by atoms with E-state index in [9.17, 15) is 9.90 Å². The summed E-state index contributed by atoms with van der Waals surface area (Å²) in [7, 11) is 0. The molecule has 1 aliphatic heterocycles. The van der Waals surface area contributed by atoms with E-state index in [0.717, 1.165) is 38.5 Å². The number of esters is 1. The van der Waals surface area contributed by atoms with Crippen molar-refractivity contribution in [3.8, 4) is 0 Å². The van der Waals surface area contributed by atoms with Gasteiger partial charge in [0.05, 0.1) is 6.61 Å². The molecule has 7 nitrogen and oxygen atoms in total. The lowest BCUT2D eigenvalue weighted by atomic mass is 9.98. The van der Waals surface area contributed by atoms with Crippen LogP contribution < -0.4 is 0 Å². The van der Waals surface area contributed by atoms with E-state index in [1.54, 1.807) is 0 Å². The van der Waals surface area contributed by atoms with Crippen molar-refractivity contribution < 1.29 is 33.6 Å². The topological polar surface area (TPSA) is 83.5 Å². The van der Waals surface area contributed by atoms with Crippen molar-refractivity contribution in [1.82, 2.24) is 0 Å². The van der Waals surface area contributed by atoms with Gasteiger partial charge in [0.15, 0.2) is 12.4 Å². The predicted molar refractivity (Wildman–Crippen MR) is 101 cm³/mol. The molecule has 0 bridgehead atoms. The molecule has 0 saturated carbocycles. The van der Waals surface area contributed by atoms with Gasteiger partial charge in [0.2, 0.25) is 0 Å². The van der Waals surface area contributed by atoms with Crippen molar-refractivity contribution in [2.75, 3.05) is 26.4 Å². The smallest absolute Gasteiger partial charge is 0.303 e. The highest BCUT2D eigenvalue weighted by molar-refractivity contribution is 5.66. The van der Waals surface area contributed by atoms with Crippen molar-refractivity contribution in [3.05, 3.63) is 0 Å². The fourth-order valence-electron chi connectivity index (χ4n) is 2.91. The number of hydrogen-bond donors (Lipinski definition) is 1. The minimum atomic E-state index is -1.27. The molecule has 5 unspecified atom stereocenters. The Morgan fingerprint density at radius 1 is 0.889 bits per heavy atom. The van der Waals surface area contributed by atoms with E-state index in [1.165, 1.54) is 6.92 Å². The van der Waals surface area contributed by atoms with Gasteiger partial charge < -0.3 is 28.8 Å². The summed E-state index contributed by atoms with van der Waals surface area (Å²) in [4.78, 5) is 11.5. The van der Waals surface area contributed by atoms with Crippen LogP contribution in [-0.4, -0.2) is 68.2 Å². The quantitative estimate of drug-likeness (QED) is 0.361. The molecule has 5 atom stereocenters. The van der Waals surface area contributed by atoms with Crippen LogP contribution in [-0.2, 0) is 28.5 Å². The Morgan fingerprint density at radius 2 is 1.44 bits per heavy atom. The number of aliphatic hydroxyl groups is 1. The molecule has 1 N–H and O–H groups in total. The molecule has 1 rings (SSSR count). The minimum absolute atomic E-state index is 0.300. The van der Waals surface area contributed by atoms with Crippen LogP contribution in [0.25, 0.3) is 0 Å². The third-order valence-electron chi connectivity index (χ3n) is 4.45. The summed E-state index contributed by atoms with van der Waals surface area (Å²) >= 11 is 0. The monoisotopic (exact) mass is 390 g/mol. The van der Waals surface area contributed by atoms with Gasteiger partial charge in [-0.05, 0) is 19.3 Å². The Bertz CT molecular complexity index is 391. The minimum Gasteiger partial charge on any atom is -0.454 e. The van der Waals surface area contributed by atoms with Gasteiger partial charge in [-0.25, -0.2) is 0 Å². The number of hydrogen-bond acceptors (Lipinski definition) is 7. The van der Waals surface area contributed by atoms with Crippen molar-refractivity contribution >= 4 is 5.97 Å². The lowest BCUT2D eigenvalue weighted by Crippen LogP contribution is -2.61. The molecule has 1 aliphatic rings. The first-order valence-electron chi connectivity index (χ1n) is 10.4. The Balaban J connectivity index is 2.88. The second-order valence-electron chi connectivity index (χ2n) is 6.95. The van der Waals surface area contributed by atoms with Gasteiger partial charge in [-0.1, -0.05) is 40.0 Å². The van der Waals surface area contributed by atoms with Crippen LogP contribution in [0.4, 0.5) is 0 Å². The van der Waals surface area contributed by atoms with Crippen molar-refractivity contribution in [2.45, 2.75) is 96.9 Å². The molecule has 1 heterocycles. The Morgan fingerprint density at radius 3 is 2.00 bits per heavy atom. The van der Waals surface area contributed by atoms with Gasteiger partial charge in [0.1, 0.15) is 18.3 Å². The maximum absolute atomic E-state index is 11.5. The molecule has 0 aromatic rings. The summed E-state index contributed by atoms with van der Waals surface area (Å²) in [5.74, 6) is -0.489. The molecule has 160 valence electrons. The molecule has 0 radical (unpaired) electrons. The summed E-state index contributed by atoms with van der Waals surface area (Å²) in [5.41, 5.74) is 0. The van der Waals surface area contributed by atoms with Crippen molar-refractivity contribution in [3.63, 3.8) is 0 Å². The van der Waals surface area contributed by atoms with Crippen LogP contribution >= 0.6 is 0 Å². The van der Waals surface area contributed by atoms with Gasteiger partial charge in [0, 0.05) is 26.7 Å². The molecular weight excluding hydrogens is 352 g/mol. The van der Waals surface area contributed by atoms with E-state index in [1.807, 2.05) is 0 Å². The SMILES string of the molecule is CCCCOCC1OC(O)C(OC(C)=O)C(OCCCC)C1OCCCC. The first kappa shape index (κ1) is 24.3. The standard InChI is InChI=1S/C20H38O7/c1-5-8-11-23-14-16-17(24-12-9-6-2)18(25-13-10-7-3)19(20(22)27-16)26-15(4)21/h16-20,22H,5-14H2,1-4H3. The molecule has 0 aromatic heterocycles. The molecule has 0 aromatic carbocycles. The summed E-state index contributed by atoms with van der Waals surface area (Å²) in [5, 5.41) is 10.4. The van der Waals surface area contributed by atoms with Crippen molar-refractivity contribution in [1.29, 1.82) is 0 Å². The largest absolute Gasteiger partial charge is 0.454 e.